The molecule has 4 nitrogen and oxygen atoms in total. The summed E-state index contributed by atoms with van der Waals surface area (Å²) in [7, 11) is 3.67. The molecule has 1 amide bonds. The van der Waals surface area contributed by atoms with E-state index in [-0.39, 0.29) is 23.9 Å². The van der Waals surface area contributed by atoms with Gasteiger partial charge in [-0.05, 0) is 50.1 Å². The second kappa shape index (κ2) is 7.83. The van der Waals surface area contributed by atoms with Crippen molar-refractivity contribution in [3.8, 4) is 5.75 Å². The molecule has 1 heterocycles. The summed E-state index contributed by atoms with van der Waals surface area (Å²) in [5, 5.41) is 2.92. The fourth-order valence-electron chi connectivity index (χ4n) is 3.17. The first-order valence-electron chi connectivity index (χ1n) is 8.39. The fourth-order valence-corrected chi connectivity index (χ4v) is 3.17. The van der Waals surface area contributed by atoms with Crippen LogP contribution in [-0.2, 0) is 11.2 Å². The van der Waals surface area contributed by atoms with Gasteiger partial charge in [0, 0.05) is 35.6 Å². The number of hydrogen-bond acceptors (Lipinski definition) is 3. The second-order valence-electron chi connectivity index (χ2n) is 6.95. The minimum atomic E-state index is -0.139. The van der Waals surface area contributed by atoms with E-state index in [1.165, 1.54) is 5.56 Å². The van der Waals surface area contributed by atoms with E-state index in [1.54, 1.807) is 13.2 Å². The minimum Gasteiger partial charge on any atom is -0.497 e. The van der Waals surface area contributed by atoms with Gasteiger partial charge in [-0.15, -0.1) is 12.4 Å². The topological polar surface area (TPSA) is 41.6 Å². The summed E-state index contributed by atoms with van der Waals surface area (Å²) in [6, 6.07) is 15.6. The van der Waals surface area contributed by atoms with Crippen molar-refractivity contribution < 1.29 is 9.53 Å². The van der Waals surface area contributed by atoms with Crippen LogP contribution in [0.15, 0.2) is 54.6 Å². The number of nitrogens with zero attached hydrogens (tertiary/aromatic N) is 1. The Morgan fingerprint density at radius 3 is 2.46 bits per heavy atom. The van der Waals surface area contributed by atoms with Crippen LogP contribution >= 0.6 is 12.4 Å². The molecule has 0 saturated carbocycles. The summed E-state index contributed by atoms with van der Waals surface area (Å²) in [4.78, 5) is 14.7. The van der Waals surface area contributed by atoms with Crippen molar-refractivity contribution >= 4 is 29.7 Å². The number of carbonyl (C=O) groups excluding carboxylic acids is 1. The van der Waals surface area contributed by atoms with Crippen LogP contribution in [0, 0.1) is 0 Å². The second-order valence-corrected chi connectivity index (χ2v) is 6.95. The molecular formula is C21H25ClN2O2. The smallest absolute Gasteiger partial charge is 0.250 e. The normalized spacial score (nSPS) is 16.5. The summed E-state index contributed by atoms with van der Waals surface area (Å²) >= 11 is 0. The Hall–Kier alpha value is -2.46. The van der Waals surface area contributed by atoms with Gasteiger partial charge in [-0.1, -0.05) is 24.3 Å². The number of hydrogen-bond donors (Lipinski definition) is 1. The number of likely N-dealkylation sites (N-methyl/N-ethyl adjacent to an activating group) is 1. The van der Waals surface area contributed by atoms with E-state index in [9.17, 15) is 4.79 Å². The first-order valence-corrected chi connectivity index (χ1v) is 8.39. The van der Waals surface area contributed by atoms with Crippen molar-refractivity contribution in [3.05, 3.63) is 65.7 Å². The third-order valence-electron chi connectivity index (χ3n) is 4.81. The number of halogens is 1. The lowest BCUT2D eigenvalue weighted by atomic mass is 9.84. The van der Waals surface area contributed by atoms with Crippen molar-refractivity contribution in [2.24, 2.45) is 0 Å². The van der Waals surface area contributed by atoms with E-state index >= 15 is 0 Å². The van der Waals surface area contributed by atoms with Gasteiger partial charge >= 0.3 is 0 Å². The van der Waals surface area contributed by atoms with Gasteiger partial charge in [0.15, 0.2) is 0 Å². The van der Waals surface area contributed by atoms with E-state index in [0.29, 0.717) is 0 Å². The van der Waals surface area contributed by atoms with Gasteiger partial charge in [-0.25, -0.2) is 0 Å². The van der Waals surface area contributed by atoms with Gasteiger partial charge in [0.1, 0.15) is 5.75 Å². The number of methoxy groups -OCH3 is 1. The standard InChI is InChI=1S/C21H24N2O2.ClH/c1-21(2)14-15-7-5-6-8-18(15)19(23(21)3)13-20(24)22-16-9-11-17(25-4)12-10-16;/h5-13H,14H2,1-4H3,(H,22,24);1H/b19-13-;. The van der Waals surface area contributed by atoms with Crippen LogP contribution in [0.4, 0.5) is 5.69 Å². The zero-order chi connectivity index (χ0) is 18.0. The van der Waals surface area contributed by atoms with Crippen LogP contribution in [0.2, 0.25) is 0 Å². The zero-order valence-electron chi connectivity index (χ0n) is 15.6. The monoisotopic (exact) mass is 372 g/mol. The predicted octanol–water partition coefficient (Wildman–Crippen LogP) is 4.36. The molecule has 2 aromatic rings. The van der Waals surface area contributed by atoms with Crippen LogP contribution < -0.4 is 10.1 Å². The maximum absolute atomic E-state index is 12.6. The molecule has 0 spiro atoms. The maximum Gasteiger partial charge on any atom is 0.250 e. The molecule has 0 saturated heterocycles. The Morgan fingerprint density at radius 1 is 1.15 bits per heavy atom. The average Bonchev–Trinajstić information content (AvgIpc) is 2.59. The number of ether oxygens (including phenoxy) is 1. The third kappa shape index (κ3) is 4.02. The fraction of sp³-hybridized carbons (Fsp3) is 0.286. The SMILES string of the molecule is COc1ccc(NC(=O)/C=C2/c3ccccc3CC(C)(C)N2C)cc1.Cl. The lowest BCUT2D eigenvalue weighted by Crippen LogP contribution is -2.45. The number of benzene rings is 2. The molecule has 5 heteroatoms. The lowest BCUT2D eigenvalue weighted by Gasteiger charge is -2.44. The van der Waals surface area contributed by atoms with Gasteiger partial charge < -0.3 is 15.0 Å². The van der Waals surface area contributed by atoms with Gasteiger partial charge in [-0.2, -0.15) is 0 Å². The summed E-state index contributed by atoms with van der Waals surface area (Å²) in [6.07, 6.45) is 2.64. The van der Waals surface area contributed by atoms with Crippen LogP contribution in [-0.4, -0.2) is 30.5 Å². The molecule has 0 fully saturated rings. The Morgan fingerprint density at radius 2 is 1.81 bits per heavy atom. The molecule has 1 aliphatic rings. The van der Waals surface area contributed by atoms with Gasteiger partial charge in [0.2, 0.25) is 5.91 Å². The Balaban J connectivity index is 0.00000243. The minimum absolute atomic E-state index is 0. The number of fused-ring (bicyclic) bond motifs is 1. The molecule has 1 aliphatic heterocycles. The molecule has 0 aromatic heterocycles. The average molecular weight is 373 g/mol. The Labute approximate surface area is 161 Å². The molecule has 0 bridgehead atoms. The highest BCUT2D eigenvalue weighted by molar-refractivity contribution is 6.04. The highest BCUT2D eigenvalue weighted by Gasteiger charge is 2.33. The molecule has 0 radical (unpaired) electrons. The van der Waals surface area contributed by atoms with Crippen LogP contribution in [0.3, 0.4) is 0 Å². The molecule has 0 unspecified atom stereocenters. The van der Waals surface area contributed by atoms with Gasteiger partial charge in [0.05, 0.1) is 7.11 Å². The number of carbonyl (C=O) groups is 1. The Kier molecular flexibility index (Phi) is 5.98. The summed E-state index contributed by atoms with van der Waals surface area (Å²) in [6.45, 7) is 4.39. The highest BCUT2D eigenvalue weighted by atomic mass is 35.5. The van der Waals surface area contributed by atoms with E-state index in [2.05, 4.69) is 42.3 Å². The summed E-state index contributed by atoms with van der Waals surface area (Å²) in [5.41, 5.74) is 4.04. The lowest BCUT2D eigenvalue weighted by molar-refractivity contribution is -0.111. The number of amides is 1. The molecule has 1 N–H and O–H groups in total. The Bertz CT molecular complexity index is 813. The van der Waals surface area contributed by atoms with Crippen molar-refractivity contribution in [1.29, 1.82) is 0 Å². The number of rotatable bonds is 3. The summed E-state index contributed by atoms with van der Waals surface area (Å²) < 4.78 is 5.14. The van der Waals surface area contributed by atoms with Crippen LogP contribution in [0.25, 0.3) is 5.70 Å². The van der Waals surface area contributed by atoms with E-state index in [0.717, 1.165) is 29.1 Å². The molecular weight excluding hydrogens is 348 g/mol. The molecule has 26 heavy (non-hydrogen) atoms. The van der Waals surface area contributed by atoms with Crippen LogP contribution in [0.1, 0.15) is 25.0 Å². The molecule has 0 atom stereocenters. The number of anilines is 1. The van der Waals surface area contributed by atoms with Crippen LogP contribution in [0.5, 0.6) is 5.75 Å². The van der Waals surface area contributed by atoms with Crippen molar-refractivity contribution in [2.75, 3.05) is 19.5 Å². The predicted molar refractivity (Wildman–Crippen MR) is 109 cm³/mol. The van der Waals surface area contributed by atoms with Crippen molar-refractivity contribution in [3.63, 3.8) is 0 Å². The first-order chi connectivity index (χ1) is 11.9. The highest BCUT2D eigenvalue weighted by Crippen LogP contribution is 2.36. The van der Waals surface area contributed by atoms with Gasteiger partial charge in [0.25, 0.3) is 0 Å². The zero-order valence-corrected chi connectivity index (χ0v) is 16.4. The van der Waals surface area contributed by atoms with Crippen molar-refractivity contribution in [2.45, 2.75) is 25.8 Å². The quantitative estimate of drug-likeness (QED) is 0.814. The molecule has 0 aliphatic carbocycles. The van der Waals surface area contributed by atoms with Crippen molar-refractivity contribution in [1.82, 2.24) is 4.90 Å². The van der Waals surface area contributed by atoms with E-state index in [1.807, 2.05) is 37.4 Å². The number of nitrogens with one attached hydrogen (secondary N) is 1. The maximum atomic E-state index is 12.6. The largest absolute Gasteiger partial charge is 0.497 e. The van der Waals surface area contributed by atoms with Gasteiger partial charge in [-0.3, -0.25) is 4.79 Å². The van der Waals surface area contributed by atoms with E-state index in [4.69, 9.17) is 4.74 Å². The first kappa shape index (κ1) is 19.9. The third-order valence-corrected chi connectivity index (χ3v) is 4.81. The summed E-state index contributed by atoms with van der Waals surface area (Å²) in [5.74, 6) is 0.624. The molecule has 138 valence electrons. The van der Waals surface area contributed by atoms with E-state index < -0.39 is 0 Å². The molecule has 3 rings (SSSR count). The molecule has 2 aromatic carbocycles.